The molecule has 2 aliphatic rings. The minimum Gasteiger partial charge on any atom is -0.211 e. The first kappa shape index (κ1) is 12.0. The van der Waals surface area contributed by atoms with Gasteiger partial charge in [-0.3, -0.25) is 0 Å². The van der Waals surface area contributed by atoms with E-state index in [1.165, 1.54) is 16.0 Å². The molecule has 94 valence electrons. The van der Waals surface area contributed by atoms with E-state index in [1.54, 1.807) is 0 Å². The zero-order chi connectivity index (χ0) is 12.6. The molecule has 2 nitrogen and oxygen atoms in total. The van der Waals surface area contributed by atoms with Gasteiger partial charge in [-0.15, -0.1) is 11.8 Å². The first-order valence-electron chi connectivity index (χ1n) is 6.63. The van der Waals surface area contributed by atoms with E-state index in [0.29, 0.717) is 5.25 Å². The smallest absolute Gasteiger partial charge is 0.211 e. The number of benzene rings is 1. The van der Waals surface area contributed by atoms with Crippen molar-refractivity contribution < 1.29 is 4.79 Å². The molecule has 0 radical (unpaired) electrons. The Labute approximate surface area is 112 Å². The Morgan fingerprint density at radius 1 is 1.39 bits per heavy atom. The summed E-state index contributed by atoms with van der Waals surface area (Å²) in [6.07, 6.45) is 7.25. The summed E-state index contributed by atoms with van der Waals surface area (Å²) in [7, 11) is 0. The second-order valence-corrected chi connectivity index (χ2v) is 6.84. The lowest BCUT2D eigenvalue weighted by atomic mass is 9.84. The van der Waals surface area contributed by atoms with E-state index < -0.39 is 0 Å². The van der Waals surface area contributed by atoms with E-state index in [2.05, 4.69) is 30.1 Å². The normalized spacial score (nSPS) is 24.6. The minimum atomic E-state index is -0.266. The molecule has 1 aliphatic heterocycles. The zero-order valence-electron chi connectivity index (χ0n) is 10.6. The van der Waals surface area contributed by atoms with Crippen molar-refractivity contribution in [1.82, 2.24) is 0 Å². The van der Waals surface area contributed by atoms with Crippen LogP contribution in [0.2, 0.25) is 0 Å². The fraction of sp³-hybridized carbons (Fsp3) is 0.533. The predicted molar refractivity (Wildman–Crippen MR) is 73.7 cm³/mol. The quantitative estimate of drug-likeness (QED) is 0.596. The monoisotopic (exact) mass is 259 g/mol. The maximum absolute atomic E-state index is 10.8. The molecule has 1 saturated carbocycles. The van der Waals surface area contributed by atoms with Crippen LogP contribution in [0.4, 0.5) is 0 Å². The molecule has 1 heterocycles. The lowest BCUT2D eigenvalue weighted by molar-refractivity contribution is 0.451. The first-order valence-corrected chi connectivity index (χ1v) is 7.51. The third-order valence-electron chi connectivity index (χ3n) is 4.14. The van der Waals surface area contributed by atoms with Crippen LogP contribution in [0, 0.1) is 0 Å². The van der Waals surface area contributed by atoms with Crippen LogP contribution in [-0.4, -0.2) is 11.3 Å². The Morgan fingerprint density at radius 3 is 2.89 bits per heavy atom. The molecular formula is C15H17NOS. The molecule has 1 aliphatic carbocycles. The fourth-order valence-electron chi connectivity index (χ4n) is 3.36. The second kappa shape index (κ2) is 4.56. The molecule has 0 amide bonds. The van der Waals surface area contributed by atoms with E-state index >= 15 is 0 Å². The molecule has 1 aromatic carbocycles. The lowest BCUT2D eigenvalue weighted by Crippen LogP contribution is -2.21. The van der Waals surface area contributed by atoms with Gasteiger partial charge in [0.05, 0.1) is 5.54 Å². The summed E-state index contributed by atoms with van der Waals surface area (Å²) in [4.78, 5) is 16.4. The Bertz CT molecular complexity index is 513. The molecule has 0 aromatic heterocycles. The van der Waals surface area contributed by atoms with E-state index in [4.69, 9.17) is 0 Å². The summed E-state index contributed by atoms with van der Waals surface area (Å²) in [5.74, 6) is 0. The van der Waals surface area contributed by atoms with Crippen LogP contribution in [0.1, 0.15) is 43.7 Å². The number of carbonyl (C=O) groups excluding carboxylic acids is 1. The van der Waals surface area contributed by atoms with Crippen LogP contribution < -0.4 is 0 Å². The molecule has 0 N–H and O–H groups in total. The van der Waals surface area contributed by atoms with Gasteiger partial charge in [0, 0.05) is 10.1 Å². The van der Waals surface area contributed by atoms with Crippen LogP contribution in [0.15, 0.2) is 28.1 Å². The van der Waals surface area contributed by atoms with Crippen LogP contribution in [0.5, 0.6) is 0 Å². The van der Waals surface area contributed by atoms with Gasteiger partial charge in [-0.05, 0) is 36.5 Å². The number of hydrogen-bond donors (Lipinski definition) is 0. The van der Waals surface area contributed by atoms with E-state index in [-0.39, 0.29) is 5.54 Å². The molecule has 1 aromatic rings. The Morgan fingerprint density at radius 2 is 2.17 bits per heavy atom. The van der Waals surface area contributed by atoms with Gasteiger partial charge in [-0.1, -0.05) is 31.9 Å². The Kier molecular flexibility index (Phi) is 3.04. The summed E-state index contributed by atoms with van der Waals surface area (Å²) in [5, 5.41) is 0.639. The first-order chi connectivity index (χ1) is 8.75. The Balaban J connectivity index is 2.12. The van der Waals surface area contributed by atoms with Gasteiger partial charge in [0.1, 0.15) is 0 Å². The SMILES string of the molecule is CC1Cc2c(cccc2C2(N=C=O)CCCC2)S1. The number of rotatable bonds is 2. The molecular weight excluding hydrogens is 242 g/mol. The zero-order valence-corrected chi connectivity index (χ0v) is 11.4. The van der Waals surface area contributed by atoms with Crippen molar-refractivity contribution in [3.8, 4) is 0 Å². The van der Waals surface area contributed by atoms with Crippen molar-refractivity contribution in [2.75, 3.05) is 0 Å². The summed E-state index contributed by atoms with van der Waals surface area (Å²) in [5.41, 5.74) is 2.45. The highest BCUT2D eigenvalue weighted by Crippen LogP contribution is 2.48. The fourth-order valence-corrected chi connectivity index (χ4v) is 4.53. The highest BCUT2D eigenvalue weighted by atomic mass is 32.2. The van der Waals surface area contributed by atoms with Crippen LogP contribution >= 0.6 is 11.8 Å². The molecule has 3 heteroatoms. The number of fused-ring (bicyclic) bond motifs is 1. The molecule has 1 atom stereocenters. The minimum absolute atomic E-state index is 0.266. The molecule has 1 fully saturated rings. The van der Waals surface area contributed by atoms with Crippen LogP contribution in [-0.2, 0) is 16.8 Å². The molecule has 0 saturated heterocycles. The van der Waals surface area contributed by atoms with Crippen molar-refractivity contribution in [1.29, 1.82) is 0 Å². The third-order valence-corrected chi connectivity index (χ3v) is 5.35. The van der Waals surface area contributed by atoms with Gasteiger partial charge in [-0.2, -0.15) is 4.99 Å². The van der Waals surface area contributed by atoms with Crippen molar-refractivity contribution in [2.24, 2.45) is 4.99 Å². The number of thioether (sulfide) groups is 1. The summed E-state index contributed by atoms with van der Waals surface area (Å²) < 4.78 is 0. The van der Waals surface area contributed by atoms with Gasteiger partial charge in [0.25, 0.3) is 0 Å². The molecule has 1 unspecified atom stereocenters. The van der Waals surface area contributed by atoms with Crippen LogP contribution in [0.25, 0.3) is 0 Å². The average molecular weight is 259 g/mol. The summed E-state index contributed by atoms with van der Waals surface area (Å²) >= 11 is 1.94. The van der Waals surface area contributed by atoms with Crippen molar-refractivity contribution in [3.05, 3.63) is 29.3 Å². The van der Waals surface area contributed by atoms with Crippen molar-refractivity contribution in [2.45, 2.75) is 54.7 Å². The van der Waals surface area contributed by atoms with E-state index in [0.717, 1.165) is 32.1 Å². The summed E-state index contributed by atoms with van der Waals surface area (Å²) in [6.45, 7) is 2.26. The molecule has 0 spiro atoms. The number of aliphatic imine (C=N–C) groups is 1. The van der Waals surface area contributed by atoms with Gasteiger partial charge in [0.15, 0.2) is 0 Å². The van der Waals surface area contributed by atoms with E-state index in [1.807, 2.05) is 17.8 Å². The maximum Gasteiger partial charge on any atom is 0.235 e. The third kappa shape index (κ3) is 1.82. The van der Waals surface area contributed by atoms with E-state index in [9.17, 15) is 4.79 Å². The van der Waals surface area contributed by atoms with Gasteiger partial charge in [-0.25, -0.2) is 4.79 Å². The highest BCUT2D eigenvalue weighted by molar-refractivity contribution is 8.00. The van der Waals surface area contributed by atoms with Gasteiger partial charge >= 0.3 is 0 Å². The van der Waals surface area contributed by atoms with Gasteiger partial charge in [0.2, 0.25) is 6.08 Å². The van der Waals surface area contributed by atoms with Gasteiger partial charge < -0.3 is 0 Å². The number of isocyanates is 1. The summed E-state index contributed by atoms with van der Waals surface area (Å²) in [6, 6.07) is 6.48. The lowest BCUT2D eigenvalue weighted by Gasteiger charge is -2.25. The van der Waals surface area contributed by atoms with Crippen LogP contribution in [0.3, 0.4) is 0 Å². The van der Waals surface area contributed by atoms with Crippen molar-refractivity contribution >= 4 is 17.8 Å². The number of nitrogens with zero attached hydrogens (tertiary/aromatic N) is 1. The average Bonchev–Trinajstić information content (AvgIpc) is 2.94. The second-order valence-electron chi connectivity index (χ2n) is 5.36. The van der Waals surface area contributed by atoms with Crippen molar-refractivity contribution in [3.63, 3.8) is 0 Å². The Hall–Kier alpha value is -1.05. The predicted octanol–water partition coefficient (Wildman–Crippen LogP) is 3.83. The highest BCUT2D eigenvalue weighted by Gasteiger charge is 2.39. The standard InChI is InChI=1S/C15H17NOS/c1-11-9-12-13(5-4-6-14(12)18-11)15(16-10-17)7-2-3-8-15/h4-6,11H,2-3,7-9H2,1H3. The number of hydrogen-bond acceptors (Lipinski definition) is 3. The largest absolute Gasteiger partial charge is 0.235 e. The topological polar surface area (TPSA) is 29.4 Å². The molecule has 18 heavy (non-hydrogen) atoms. The molecule has 3 rings (SSSR count). The molecule has 0 bridgehead atoms. The maximum atomic E-state index is 10.8.